The van der Waals surface area contributed by atoms with Gasteiger partial charge in [-0.3, -0.25) is 4.79 Å². The maximum absolute atomic E-state index is 12.0. The highest BCUT2D eigenvalue weighted by Crippen LogP contribution is 2.32. The van der Waals surface area contributed by atoms with Gasteiger partial charge in [0.1, 0.15) is 6.10 Å². The molecule has 3 rings (SSSR count). The lowest BCUT2D eigenvalue weighted by molar-refractivity contribution is -0.121. The van der Waals surface area contributed by atoms with Crippen molar-refractivity contribution in [3.8, 4) is 10.4 Å². The third-order valence-electron chi connectivity index (χ3n) is 3.78. The van der Waals surface area contributed by atoms with E-state index in [1.807, 2.05) is 41.8 Å². The molecule has 0 aliphatic heterocycles. The monoisotopic (exact) mass is 391 g/mol. The SMILES string of the molecule is O=C(CCc1cccc(Cl)c1)NCC(O)c1ccc(-c2ccsc2)s1. The van der Waals surface area contributed by atoms with Gasteiger partial charge in [-0.15, -0.1) is 11.3 Å². The summed E-state index contributed by atoms with van der Waals surface area (Å²) < 4.78 is 0. The minimum Gasteiger partial charge on any atom is -0.386 e. The third kappa shape index (κ3) is 5.16. The van der Waals surface area contributed by atoms with Gasteiger partial charge in [-0.2, -0.15) is 11.3 Å². The molecule has 2 heterocycles. The Kier molecular flexibility index (Phi) is 6.26. The first-order valence-corrected chi connectivity index (χ1v) is 10.1. The van der Waals surface area contributed by atoms with Crippen LogP contribution in [0.5, 0.6) is 0 Å². The summed E-state index contributed by atoms with van der Waals surface area (Å²) in [7, 11) is 0. The van der Waals surface area contributed by atoms with Gasteiger partial charge in [0.2, 0.25) is 5.91 Å². The normalized spacial score (nSPS) is 12.1. The Morgan fingerprint density at radius 1 is 1.24 bits per heavy atom. The molecule has 0 aliphatic rings. The number of benzene rings is 1. The van der Waals surface area contributed by atoms with E-state index >= 15 is 0 Å². The lowest BCUT2D eigenvalue weighted by Crippen LogP contribution is -2.28. The van der Waals surface area contributed by atoms with E-state index in [1.165, 1.54) is 5.56 Å². The molecule has 1 aromatic carbocycles. The van der Waals surface area contributed by atoms with Crippen LogP contribution in [0.2, 0.25) is 5.02 Å². The average Bonchev–Trinajstić information content (AvgIpc) is 3.28. The largest absolute Gasteiger partial charge is 0.386 e. The second kappa shape index (κ2) is 8.63. The maximum Gasteiger partial charge on any atom is 0.220 e. The highest BCUT2D eigenvalue weighted by Gasteiger charge is 2.13. The highest BCUT2D eigenvalue weighted by molar-refractivity contribution is 7.16. The smallest absolute Gasteiger partial charge is 0.220 e. The second-order valence-electron chi connectivity index (χ2n) is 5.66. The molecule has 6 heteroatoms. The molecule has 0 fully saturated rings. The van der Waals surface area contributed by atoms with Gasteiger partial charge in [0.15, 0.2) is 0 Å². The quantitative estimate of drug-likeness (QED) is 0.601. The molecule has 0 radical (unpaired) electrons. The van der Waals surface area contributed by atoms with E-state index in [-0.39, 0.29) is 12.5 Å². The molecule has 1 unspecified atom stereocenters. The lowest BCUT2D eigenvalue weighted by Gasteiger charge is -2.10. The van der Waals surface area contributed by atoms with Crippen LogP contribution in [0.15, 0.2) is 53.2 Å². The van der Waals surface area contributed by atoms with Gasteiger partial charge in [0.05, 0.1) is 0 Å². The van der Waals surface area contributed by atoms with E-state index < -0.39 is 6.10 Å². The number of carbonyl (C=O) groups is 1. The summed E-state index contributed by atoms with van der Waals surface area (Å²) in [6, 6.07) is 13.5. The molecule has 3 aromatic rings. The molecule has 3 nitrogen and oxygen atoms in total. The van der Waals surface area contributed by atoms with Gasteiger partial charge >= 0.3 is 0 Å². The first-order chi connectivity index (χ1) is 12.1. The lowest BCUT2D eigenvalue weighted by atomic mass is 10.1. The van der Waals surface area contributed by atoms with E-state index in [4.69, 9.17) is 11.6 Å². The topological polar surface area (TPSA) is 49.3 Å². The average molecular weight is 392 g/mol. The van der Waals surface area contributed by atoms with Crippen molar-refractivity contribution in [2.75, 3.05) is 6.54 Å². The van der Waals surface area contributed by atoms with Crippen molar-refractivity contribution >= 4 is 40.2 Å². The van der Waals surface area contributed by atoms with Gasteiger partial charge in [-0.05, 0) is 53.1 Å². The summed E-state index contributed by atoms with van der Waals surface area (Å²) in [4.78, 5) is 14.0. The first-order valence-electron chi connectivity index (χ1n) is 7.93. The van der Waals surface area contributed by atoms with E-state index in [9.17, 15) is 9.90 Å². The summed E-state index contributed by atoms with van der Waals surface area (Å²) in [6.45, 7) is 0.220. The summed E-state index contributed by atoms with van der Waals surface area (Å²) >= 11 is 9.14. The number of amides is 1. The molecule has 0 aliphatic carbocycles. The fraction of sp³-hybridized carbons (Fsp3) is 0.211. The van der Waals surface area contributed by atoms with Gasteiger partial charge in [0.25, 0.3) is 0 Å². The van der Waals surface area contributed by atoms with Crippen LogP contribution in [0.1, 0.15) is 23.0 Å². The second-order valence-corrected chi connectivity index (χ2v) is 8.00. The van der Waals surface area contributed by atoms with Crippen molar-refractivity contribution in [3.05, 3.63) is 68.7 Å². The molecule has 2 N–H and O–H groups in total. The zero-order valence-electron chi connectivity index (χ0n) is 13.4. The number of hydrogen-bond acceptors (Lipinski definition) is 4. The number of nitrogens with one attached hydrogen (secondary N) is 1. The van der Waals surface area contributed by atoms with Crippen LogP contribution in [0.4, 0.5) is 0 Å². The fourth-order valence-corrected chi connectivity index (χ4v) is 4.38. The number of hydrogen-bond donors (Lipinski definition) is 2. The van der Waals surface area contributed by atoms with Gasteiger partial charge in [0, 0.05) is 33.3 Å². The van der Waals surface area contributed by atoms with Gasteiger partial charge in [-0.1, -0.05) is 23.7 Å². The number of aliphatic hydroxyl groups excluding tert-OH is 1. The molecule has 0 saturated heterocycles. The van der Waals surface area contributed by atoms with Crippen molar-refractivity contribution < 1.29 is 9.90 Å². The number of carbonyl (C=O) groups excluding carboxylic acids is 1. The van der Waals surface area contributed by atoms with Crippen LogP contribution in [0, 0.1) is 0 Å². The number of thiophene rings is 2. The molecule has 0 bridgehead atoms. The van der Waals surface area contributed by atoms with E-state index in [0.29, 0.717) is 17.9 Å². The summed E-state index contributed by atoms with van der Waals surface area (Å²) in [5.41, 5.74) is 2.20. The number of aryl methyl sites for hydroxylation is 1. The zero-order valence-corrected chi connectivity index (χ0v) is 15.8. The van der Waals surface area contributed by atoms with Crippen molar-refractivity contribution in [1.82, 2.24) is 5.32 Å². The summed E-state index contributed by atoms with van der Waals surface area (Å²) in [5.74, 6) is -0.0753. The van der Waals surface area contributed by atoms with Gasteiger partial charge < -0.3 is 10.4 Å². The standard InChI is InChI=1S/C19H18ClNO2S2/c20-15-3-1-2-13(10-15)4-7-19(23)21-11-16(22)18-6-5-17(25-18)14-8-9-24-12-14/h1-3,5-6,8-10,12,16,22H,4,7,11H2,(H,21,23). The van der Waals surface area contributed by atoms with E-state index in [2.05, 4.69) is 16.8 Å². The Morgan fingerprint density at radius 3 is 2.88 bits per heavy atom. The minimum absolute atomic E-state index is 0.0753. The molecule has 0 spiro atoms. The van der Waals surface area contributed by atoms with Gasteiger partial charge in [-0.25, -0.2) is 0 Å². The molecular weight excluding hydrogens is 374 g/mol. The molecule has 0 saturated carbocycles. The van der Waals surface area contributed by atoms with E-state index in [0.717, 1.165) is 15.3 Å². The van der Waals surface area contributed by atoms with Crippen LogP contribution in [-0.4, -0.2) is 17.6 Å². The van der Waals surface area contributed by atoms with Crippen molar-refractivity contribution in [2.24, 2.45) is 0 Å². The third-order valence-corrected chi connectivity index (χ3v) is 5.94. The van der Waals surface area contributed by atoms with Crippen LogP contribution >= 0.6 is 34.3 Å². The number of aliphatic hydroxyl groups is 1. The Hall–Kier alpha value is -1.66. The summed E-state index contributed by atoms with van der Waals surface area (Å²) in [6.07, 6.45) is 0.314. The first kappa shape index (κ1) is 18.1. The molecule has 1 amide bonds. The Labute approximate surface area is 159 Å². The predicted octanol–water partition coefficient (Wildman–Crippen LogP) is 4.91. The van der Waals surface area contributed by atoms with Crippen LogP contribution in [-0.2, 0) is 11.2 Å². The Morgan fingerprint density at radius 2 is 2.12 bits per heavy atom. The predicted molar refractivity (Wildman–Crippen MR) is 105 cm³/mol. The molecular formula is C19H18ClNO2S2. The van der Waals surface area contributed by atoms with E-state index in [1.54, 1.807) is 22.7 Å². The minimum atomic E-state index is -0.687. The molecule has 1 atom stereocenters. The van der Waals surface area contributed by atoms with Crippen LogP contribution in [0.3, 0.4) is 0 Å². The Bertz CT molecular complexity index is 830. The molecule has 130 valence electrons. The highest BCUT2D eigenvalue weighted by atomic mass is 35.5. The maximum atomic E-state index is 12.0. The fourth-order valence-electron chi connectivity index (χ4n) is 2.44. The summed E-state index contributed by atoms with van der Waals surface area (Å²) in [5, 5.41) is 17.9. The molecule has 2 aromatic heterocycles. The zero-order chi connectivity index (χ0) is 17.6. The van der Waals surface area contributed by atoms with Crippen LogP contribution in [0.25, 0.3) is 10.4 Å². The number of rotatable bonds is 7. The van der Waals surface area contributed by atoms with Crippen LogP contribution < -0.4 is 5.32 Å². The Balaban J connectivity index is 1.47. The van der Waals surface area contributed by atoms with Crippen molar-refractivity contribution in [2.45, 2.75) is 18.9 Å². The van der Waals surface area contributed by atoms with Crippen molar-refractivity contribution in [3.63, 3.8) is 0 Å². The number of halogens is 1. The molecule has 25 heavy (non-hydrogen) atoms. The van der Waals surface area contributed by atoms with Crippen molar-refractivity contribution in [1.29, 1.82) is 0 Å².